The Labute approximate surface area is 170 Å². The lowest BCUT2D eigenvalue weighted by molar-refractivity contribution is -0.150. The van der Waals surface area contributed by atoms with Crippen LogP contribution in [0.4, 0.5) is 0 Å². The molecule has 0 saturated heterocycles. The van der Waals surface area contributed by atoms with Crippen molar-refractivity contribution in [2.24, 2.45) is 0 Å². The molecule has 0 N–H and O–H groups in total. The van der Waals surface area contributed by atoms with Crippen LogP contribution in [-0.2, 0) is 14.3 Å². The summed E-state index contributed by atoms with van der Waals surface area (Å²) in [6.07, 6.45) is 23.5. The third-order valence-corrected chi connectivity index (χ3v) is 5.22. The van der Waals surface area contributed by atoms with E-state index >= 15 is 0 Å². The second-order valence-corrected chi connectivity index (χ2v) is 8.16. The van der Waals surface area contributed by atoms with Crippen molar-refractivity contribution in [3.63, 3.8) is 0 Å². The van der Waals surface area contributed by atoms with E-state index in [-0.39, 0.29) is 12.1 Å². The molecule has 3 heteroatoms. The van der Waals surface area contributed by atoms with Gasteiger partial charge in [0.25, 0.3) is 0 Å². The summed E-state index contributed by atoms with van der Waals surface area (Å²) in [7, 11) is 1.63. The van der Waals surface area contributed by atoms with Gasteiger partial charge in [-0.3, -0.25) is 4.79 Å². The molecule has 3 nitrogen and oxygen atoms in total. The smallest absolute Gasteiger partial charge is 0.306 e. The molecule has 0 spiro atoms. The van der Waals surface area contributed by atoms with Crippen LogP contribution in [0, 0.1) is 0 Å². The van der Waals surface area contributed by atoms with E-state index < -0.39 is 0 Å². The zero-order chi connectivity index (χ0) is 20.0. The summed E-state index contributed by atoms with van der Waals surface area (Å²) in [5.41, 5.74) is 0. The van der Waals surface area contributed by atoms with Gasteiger partial charge in [-0.25, -0.2) is 0 Å². The molecule has 0 saturated carbocycles. The first-order chi connectivity index (χ1) is 13.2. The fraction of sp³-hybridized carbons (Fsp3) is 0.958. The fourth-order valence-electron chi connectivity index (χ4n) is 3.55. The van der Waals surface area contributed by atoms with Crippen molar-refractivity contribution in [2.75, 3.05) is 13.7 Å². The molecule has 1 unspecified atom stereocenters. The van der Waals surface area contributed by atoms with Crippen LogP contribution in [-0.4, -0.2) is 25.8 Å². The monoisotopic (exact) mass is 384 g/mol. The van der Waals surface area contributed by atoms with Gasteiger partial charge in [0.05, 0.1) is 6.61 Å². The second kappa shape index (κ2) is 21.7. The van der Waals surface area contributed by atoms with Gasteiger partial charge in [-0.2, -0.15) is 0 Å². The number of esters is 1. The Hall–Kier alpha value is -0.570. The Balaban J connectivity index is 3.13. The third kappa shape index (κ3) is 21.6. The molecule has 0 aromatic heterocycles. The summed E-state index contributed by atoms with van der Waals surface area (Å²) >= 11 is 0. The molecule has 0 bridgehead atoms. The van der Waals surface area contributed by atoms with Crippen molar-refractivity contribution < 1.29 is 14.3 Å². The van der Waals surface area contributed by atoms with Gasteiger partial charge in [-0.1, -0.05) is 110 Å². The van der Waals surface area contributed by atoms with Gasteiger partial charge in [-0.15, -0.1) is 0 Å². The van der Waals surface area contributed by atoms with Gasteiger partial charge in [0.2, 0.25) is 0 Å². The Morgan fingerprint density at radius 3 is 1.41 bits per heavy atom. The molecule has 162 valence electrons. The van der Waals surface area contributed by atoms with Gasteiger partial charge < -0.3 is 9.47 Å². The highest BCUT2D eigenvalue weighted by atomic mass is 16.6. The maximum Gasteiger partial charge on any atom is 0.306 e. The minimum absolute atomic E-state index is 0.0829. The van der Waals surface area contributed by atoms with Crippen molar-refractivity contribution in [3.05, 3.63) is 0 Å². The highest BCUT2D eigenvalue weighted by Gasteiger charge is 2.08. The standard InChI is InChI=1S/C24H48O3/c1-4-5-6-7-8-9-10-11-12-13-14-15-16-17-18-19-20-21-24(25)27-23(2)22-26-3/h23H,4-22H2,1-3H3. The van der Waals surface area contributed by atoms with Crippen molar-refractivity contribution in [1.82, 2.24) is 0 Å². The zero-order valence-electron chi connectivity index (χ0n) is 18.7. The third-order valence-electron chi connectivity index (χ3n) is 5.22. The lowest BCUT2D eigenvalue weighted by Crippen LogP contribution is -2.19. The molecule has 0 aliphatic heterocycles. The van der Waals surface area contributed by atoms with Crippen LogP contribution < -0.4 is 0 Å². The number of hydrogen-bond acceptors (Lipinski definition) is 3. The first-order valence-electron chi connectivity index (χ1n) is 11.9. The summed E-state index contributed by atoms with van der Waals surface area (Å²) < 4.78 is 10.2. The van der Waals surface area contributed by atoms with Crippen LogP contribution >= 0.6 is 0 Å². The summed E-state index contributed by atoms with van der Waals surface area (Å²) in [5.74, 6) is -0.0829. The summed E-state index contributed by atoms with van der Waals surface area (Å²) in [4.78, 5) is 11.6. The highest BCUT2D eigenvalue weighted by Crippen LogP contribution is 2.14. The van der Waals surface area contributed by atoms with Crippen LogP contribution in [0.2, 0.25) is 0 Å². The van der Waals surface area contributed by atoms with Crippen LogP contribution in [0.1, 0.15) is 129 Å². The molecule has 0 aromatic rings. The fourth-order valence-corrected chi connectivity index (χ4v) is 3.55. The minimum Gasteiger partial charge on any atom is -0.460 e. The molecule has 0 aliphatic carbocycles. The molecule has 0 rings (SSSR count). The Morgan fingerprint density at radius 2 is 1.04 bits per heavy atom. The predicted octanol–water partition coefficient (Wildman–Crippen LogP) is 7.61. The summed E-state index contributed by atoms with van der Waals surface area (Å²) in [6.45, 7) is 4.63. The molecule has 0 radical (unpaired) electrons. The number of carbonyl (C=O) groups excluding carboxylic acids is 1. The van der Waals surface area contributed by atoms with E-state index in [1.807, 2.05) is 6.92 Å². The molecule has 0 amide bonds. The zero-order valence-corrected chi connectivity index (χ0v) is 18.7. The molecule has 0 aliphatic rings. The molecule has 0 aromatic carbocycles. The van der Waals surface area contributed by atoms with Crippen LogP contribution in [0.25, 0.3) is 0 Å². The average molecular weight is 385 g/mol. The normalized spacial score (nSPS) is 12.3. The molecular formula is C24H48O3. The largest absolute Gasteiger partial charge is 0.460 e. The van der Waals surface area contributed by atoms with E-state index in [1.165, 1.54) is 96.3 Å². The lowest BCUT2D eigenvalue weighted by atomic mass is 10.0. The molecule has 1 atom stereocenters. The van der Waals surface area contributed by atoms with E-state index in [9.17, 15) is 4.79 Å². The quantitative estimate of drug-likeness (QED) is 0.151. The Morgan fingerprint density at radius 1 is 0.667 bits per heavy atom. The van der Waals surface area contributed by atoms with Crippen molar-refractivity contribution in [3.8, 4) is 0 Å². The summed E-state index contributed by atoms with van der Waals surface area (Å²) in [6, 6.07) is 0. The molecule has 27 heavy (non-hydrogen) atoms. The van der Waals surface area contributed by atoms with Crippen molar-refractivity contribution in [1.29, 1.82) is 0 Å². The minimum atomic E-state index is -0.131. The number of unbranched alkanes of at least 4 members (excludes halogenated alkanes) is 16. The van der Waals surface area contributed by atoms with E-state index in [1.54, 1.807) is 7.11 Å². The second-order valence-electron chi connectivity index (χ2n) is 8.16. The van der Waals surface area contributed by atoms with Crippen LogP contribution in [0.5, 0.6) is 0 Å². The van der Waals surface area contributed by atoms with E-state index in [0.717, 1.165) is 12.8 Å². The van der Waals surface area contributed by atoms with E-state index in [4.69, 9.17) is 9.47 Å². The Kier molecular flexibility index (Phi) is 21.3. The topological polar surface area (TPSA) is 35.5 Å². The first-order valence-corrected chi connectivity index (χ1v) is 11.9. The lowest BCUT2D eigenvalue weighted by Gasteiger charge is -2.11. The van der Waals surface area contributed by atoms with Crippen molar-refractivity contribution in [2.45, 2.75) is 136 Å². The van der Waals surface area contributed by atoms with Crippen LogP contribution in [0.15, 0.2) is 0 Å². The average Bonchev–Trinajstić information content (AvgIpc) is 2.64. The van der Waals surface area contributed by atoms with Crippen molar-refractivity contribution >= 4 is 5.97 Å². The van der Waals surface area contributed by atoms with Gasteiger partial charge >= 0.3 is 5.97 Å². The number of hydrogen-bond donors (Lipinski definition) is 0. The number of carbonyl (C=O) groups is 1. The van der Waals surface area contributed by atoms with Crippen LogP contribution in [0.3, 0.4) is 0 Å². The molecule has 0 heterocycles. The first kappa shape index (κ1) is 26.4. The van der Waals surface area contributed by atoms with Gasteiger partial charge in [0.15, 0.2) is 0 Å². The van der Waals surface area contributed by atoms with Gasteiger partial charge in [0.1, 0.15) is 6.10 Å². The number of methoxy groups -OCH3 is 1. The maximum absolute atomic E-state index is 11.6. The molecule has 0 fully saturated rings. The number of rotatable bonds is 21. The van der Waals surface area contributed by atoms with E-state index in [0.29, 0.717) is 13.0 Å². The summed E-state index contributed by atoms with van der Waals surface area (Å²) in [5, 5.41) is 0. The Bertz CT molecular complexity index is 304. The highest BCUT2D eigenvalue weighted by molar-refractivity contribution is 5.69. The van der Waals surface area contributed by atoms with Gasteiger partial charge in [-0.05, 0) is 13.3 Å². The maximum atomic E-state index is 11.6. The predicted molar refractivity (Wildman–Crippen MR) is 116 cm³/mol. The van der Waals surface area contributed by atoms with E-state index in [2.05, 4.69) is 6.92 Å². The number of ether oxygens (including phenoxy) is 2. The molecular weight excluding hydrogens is 336 g/mol. The SMILES string of the molecule is CCCCCCCCCCCCCCCCCCCC(=O)OC(C)COC. The van der Waals surface area contributed by atoms with Gasteiger partial charge in [0, 0.05) is 13.5 Å².